The summed E-state index contributed by atoms with van der Waals surface area (Å²) in [4.78, 5) is 46.0. The van der Waals surface area contributed by atoms with E-state index in [1.54, 1.807) is 29.2 Å². The van der Waals surface area contributed by atoms with Crippen LogP contribution in [0.3, 0.4) is 0 Å². The molecule has 1 N–H and O–H groups in total. The number of halogens is 3. The van der Waals surface area contributed by atoms with Crippen molar-refractivity contribution < 1.29 is 9.53 Å². The van der Waals surface area contributed by atoms with Gasteiger partial charge in [0.05, 0.1) is 45.6 Å². The molecule has 1 aromatic carbocycles. The molecule has 14 heteroatoms. The van der Waals surface area contributed by atoms with Crippen LogP contribution >= 0.6 is 34.8 Å². The van der Waals surface area contributed by atoms with Crippen molar-refractivity contribution in [3.05, 3.63) is 62.0 Å². The second-order valence-electron chi connectivity index (χ2n) is 10.4. The number of carbonyl (C=O) groups is 1. The molecule has 210 valence electrons. The lowest BCUT2D eigenvalue weighted by molar-refractivity contribution is 0.0231. The van der Waals surface area contributed by atoms with E-state index in [9.17, 15) is 9.59 Å². The standard InChI is InChI=1S/C26H27Cl3N8O3/c1-14(32-22-21-17(30-13-31-22)7-8-18(29)33-21)23-34-20-16(28)6-5-15(27)19(20)24(38)37(23)36-11-9-35(10-12-36)25(39)40-26(2,3)4/h5-8,13-14H,9-12H2,1-4H3,(H,30,31,32). The van der Waals surface area contributed by atoms with Crippen molar-refractivity contribution in [1.82, 2.24) is 29.5 Å². The Hall–Kier alpha value is -3.41. The van der Waals surface area contributed by atoms with E-state index >= 15 is 0 Å². The maximum Gasteiger partial charge on any atom is 0.410 e. The highest BCUT2D eigenvalue weighted by Crippen LogP contribution is 2.29. The van der Waals surface area contributed by atoms with Crippen molar-refractivity contribution in [2.24, 2.45) is 0 Å². The van der Waals surface area contributed by atoms with Gasteiger partial charge in [-0.1, -0.05) is 34.8 Å². The van der Waals surface area contributed by atoms with E-state index in [1.807, 2.05) is 32.7 Å². The van der Waals surface area contributed by atoms with Gasteiger partial charge < -0.3 is 20.0 Å². The summed E-state index contributed by atoms with van der Waals surface area (Å²) in [5.74, 6) is 0.800. The summed E-state index contributed by atoms with van der Waals surface area (Å²) in [6, 6.07) is 6.03. The van der Waals surface area contributed by atoms with E-state index in [0.29, 0.717) is 64.5 Å². The lowest BCUT2D eigenvalue weighted by Gasteiger charge is -2.38. The molecule has 1 atom stereocenters. The average molecular weight is 606 g/mol. The van der Waals surface area contributed by atoms with Crippen LogP contribution < -0.4 is 15.9 Å². The maximum absolute atomic E-state index is 14.0. The summed E-state index contributed by atoms with van der Waals surface area (Å²) in [7, 11) is 0. The second-order valence-corrected chi connectivity index (χ2v) is 11.6. The predicted octanol–water partition coefficient (Wildman–Crippen LogP) is 5.06. The molecule has 1 aliphatic heterocycles. The zero-order valence-corrected chi connectivity index (χ0v) is 24.5. The number of rotatable bonds is 4. The summed E-state index contributed by atoms with van der Waals surface area (Å²) < 4.78 is 7.02. The Labute approximate surface area is 245 Å². The molecule has 4 aromatic rings. The van der Waals surface area contributed by atoms with Crippen molar-refractivity contribution in [3.63, 3.8) is 0 Å². The molecule has 40 heavy (non-hydrogen) atoms. The fourth-order valence-electron chi connectivity index (χ4n) is 4.48. The molecule has 0 spiro atoms. The number of aromatic nitrogens is 5. The molecule has 0 bridgehead atoms. The number of fused-ring (bicyclic) bond motifs is 2. The van der Waals surface area contributed by atoms with E-state index in [1.165, 1.54) is 11.0 Å². The van der Waals surface area contributed by atoms with Crippen LogP contribution in [0, 0.1) is 0 Å². The average Bonchev–Trinajstić information content (AvgIpc) is 2.90. The number of nitrogens with one attached hydrogen (secondary N) is 1. The van der Waals surface area contributed by atoms with Crippen molar-refractivity contribution in [2.45, 2.75) is 39.3 Å². The van der Waals surface area contributed by atoms with Crippen LogP contribution in [-0.4, -0.2) is 67.4 Å². The quantitative estimate of drug-likeness (QED) is 0.319. The SMILES string of the molecule is CC(Nc1ncnc2ccc(Cl)nc12)c1nc2c(Cl)ccc(Cl)c2c(=O)n1N1CCN(C(=O)OC(C)(C)C)CC1. The van der Waals surface area contributed by atoms with E-state index in [4.69, 9.17) is 44.5 Å². The summed E-state index contributed by atoms with van der Waals surface area (Å²) in [6.07, 6.45) is 1.02. The number of hydrogen-bond donors (Lipinski definition) is 1. The Bertz CT molecular complexity index is 1670. The van der Waals surface area contributed by atoms with Crippen molar-refractivity contribution in [1.29, 1.82) is 0 Å². The topological polar surface area (TPSA) is 118 Å². The first-order valence-electron chi connectivity index (χ1n) is 12.6. The van der Waals surface area contributed by atoms with Gasteiger partial charge in [-0.05, 0) is 52.0 Å². The highest BCUT2D eigenvalue weighted by molar-refractivity contribution is 6.39. The Morgan fingerprint density at radius 3 is 2.38 bits per heavy atom. The molecule has 3 aromatic heterocycles. The van der Waals surface area contributed by atoms with Gasteiger partial charge in [-0.3, -0.25) is 4.79 Å². The minimum absolute atomic E-state index is 0.209. The van der Waals surface area contributed by atoms with E-state index in [0.717, 1.165) is 0 Å². The maximum atomic E-state index is 14.0. The van der Waals surface area contributed by atoms with Gasteiger partial charge in [0, 0.05) is 13.1 Å². The third-order valence-corrected chi connectivity index (χ3v) is 7.14. The van der Waals surface area contributed by atoms with Crippen LogP contribution in [0.25, 0.3) is 21.9 Å². The van der Waals surface area contributed by atoms with Crippen LogP contribution in [0.15, 0.2) is 35.4 Å². The minimum atomic E-state index is -0.609. The van der Waals surface area contributed by atoms with Crippen molar-refractivity contribution in [2.75, 3.05) is 36.5 Å². The molecule has 1 unspecified atom stereocenters. The number of amides is 1. The Morgan fingerprint density at radius 2 is 1.68 bits per heavy atom. The highest BCUT2D eigenvalue weighted by Gasteiger charge is 2.29. The monoisotopic (exact) mass is 604 g/mol. The molecule has 0 aliphatic carbocycles. The van der Waals surface area contributed by atoms with Crippen LogP contribution in [-0.2, 0) is 4.74 Å². The lowest BCUT2D eigenvalue weighted by atomic mass is 10.2. The smallest absolute Gasteiger partial charge is 0.410 e. The molecule has 0 radical (unpaired) electrons. The van der Waals surface area contributed by atoms with Crippen LogP contribution in [0.4, 0.5) is 10.6 Å². The number of piperazine rings is 1. The predicted molar refractivity (Wildman–Crippen MR) is 156 cm³/mol. The highest BCUT2D eigenvalue weighted by atomic mass is 35.5. The van der Waals surface area contributed by atoms with E-state index in [-0.39, 0.29) is 16.0 Å². The molecule has 1 fully saturated rings. The van der Waals surface area contributed by atoms with Gasteiger partial charge in [0.25, 0.3) is 5.56 Å². The normalized spacial score (nSPS) is 15.0. The van der Waals surface area contributed by atoms with E-state index < -0.39 is 17.7 Å². The summed E-state index contributed by atoms with van der Waals surface area (Å²) in [5, 5.41) is 6.19. The third kappa shape index (κ3) is 5.59. The first kappa shape index (κ1) is 28.1. The fourth-order valence-corrected chi connectivity index (χ4v) is 5.06. The number of hydrogen-bond acceptors (Lipinski definition) is 9. The van der Waals surface area contributed by atoms with Gasteiger partial charge in [0.2, 0.25) is 0 Å². The second kappa shape index (κ2) is 10.9. The Balaban J connectivity index is 1.55. The number of pyridine rings is 1. The first-order chi connectivity index (χ1) is 18.9. The third-order valence-electron chi connectivity index (χ3n) is 6.31. The van der Waals surface area contributed by atoms with Crippen molar-refractivity contribution in [3.8, 4) is 0 Å². The molecule has 0 saturated carbocycles. The number of benzene rings is 1. The Kier molecular flexibility index (Phi) is 7.64. The van der Waals surface area contributed by atoms with Crippen molar-refractivity contribution >= 4 is 68.7 Å². The molecular weight excluding hydrogens is 579 g/mol. The fraction of sp³-hybridized carbons (Fsp3) is 0.385. The molecule has 1 amide bonds. The molecule has 11 nitrogen and oxygen atoms in total. The number of nitrogens with zero attached hydrogens (tertiary/aromatic N) is 7. The molecule has 5 rings (SSSR count). The minimum Gasteiger partial charge on any atom is -0.444 e. The number of carbonyl (C=O) groups excluding carboxylic acids is 1. The van der Waals surface area contributed by atoms with Crippen LogP contribution in [0.5, 0.6) is 0 Å². The van der Waals surface area contributed by atoms with Gasteiger partial charge in [-0.25, -0.2) is 29.4 Å². The van der Waals surface area contributed by atoms with E-state index in [2.05, 4.69) is 20.3 Å². The molecular formula is C26H27Cl3N8O3. The zero-order valence-electron chi connectivity index (χ0n) is 22.3. The summed E-state index contributed by atoms with van der Waals surface area (Å²) >= 11 is 19.1. The van der Waals surface area contributed by atoms with Gasteiger partial charge >= 0.3 is 6.09 Å². The Morgan fingerprint density at radius 1 is 0.975 bits per heavy atom. The zero-order chi connectivity index (χ0) is 28.8. The first-order valence-corrected chi connectivity index (χ1v) is 13.7. The van der Waals surface area contributed by atoms with Crippen LogP contribution in [0.2, 0.25) is 15.2 Å². The largest absolute Gasteiger partial charge is 0.444 e. The van der Waals surface area contributed by atoms with Gasteiger partial charge in [-0.2, -0.15) is 0 Å². The number of ether oxygens (including phenoxy) is 1. The van der Waals surface area contributed by atoms with Gasteiger partial charge in [0.1, 0.15) is 22.6 Å². The summed E-state index contributed by atoms with van der Waals surface area (Å²) in [5.41, 5.74) is 0.387. The van der Waals surface area contributed by atoms with Gasteiger partial charge in [0.15, 0.2) is 11.6 Å². The molecule has 1 aliphatic rings. The molecule has 4 heterocycles. The number of anilines is 1. The van der Waals surface area contributed by atoms with Gasteiger partial charge in [-0.15, -0.1) is 0 Å². The lowest BCUT2D eigenvalue weighted by Crippen LogP contribution is -2.57. The van der Waals surface area contributed by atoms with Crippen LogP contribution in [0.1, 0.15) is 39.6 Å². The molecule has 1 saturated heterocycles. The summed E-state index contributed by atoms with van der Waals surface area (Å²) in [6.45, 7) is 8.73.